The molecular formula is C14H19N5O2. The van der Waals surface area contributed by atoms with Crippen LogP contribution in [0, 0.1) is 5.92 Å². The fourth-order valence-corrected chi connectivity index (χ4v) is 2.87. The summed E-state index contributed by atoms with van der Waals surface area (Å²) in [4.78, 5) is 8.44. The molecular weight excluding hydrogens is 270 g/mol. The number of anilines is 1. The van der Waals surface area contributed by atoms with Gasteiger partial charge in [-0.3, -0.25) is 5.10 Å². The number of aromatic nitrogens is 4. The van der Waals surface area contributed by atoms with E-state index in [1.807, 2.05) is 12.1 Å². The van der Waals surface area contributed by atoms with Crippen LogP contribution in [-0.4, -0.2) is 45.0 Å². The monoisotopic (exact) mass is 289 g/mol. The number of nitrogens with zero attached hydrogens (tertiary/aromatic N) is 3. The van der Waals surface area contributed by atoms with Crippen molar-refractivity contribution < 1.29 is 9.84 Å². The van der Waals surface area contributed by atoms with Gasteiger partial charge in [0, 0.05) is 24.6 Å². The number of aliphatic hydroxyl groups is 1. The Morgan fingerprint density at radius 3 is 3.10 bits per heavy atom. The van der Waals surface area contributed by atoms with Crippen LogP contribution in [0.3, 0.4) is 0 Å². The molecule has 1 aliphatic carbocycles. The maximum atomic E-state index is 10.2. The molecule has 3 rings (SSSR count). The Kier molecular flexibility index (Phi) is 4.01. The Hall–Kier alpha value is -2.15. The van der Waals surface area contributed by atoms with E-state index < -0.39 is 0 Å². The van der Waals surface area contributed by atoms with Gasteiger partial charge >= 0.3 is 0 Å². The molecule has 3 atom stereocenters. The van der Waals surface area contributed by atoms with Gasteiger partial charge in [-0.2, -0.15) is 5.10 Å². The number of aromatic amines is 1. The molecule has 0 unspecified atom stereocenters. The average Bonchev–Trinajstić information content (AvgIpc) is 3.15. The zero-order chi connectivity index (χ0) is 14.7. The zero-order valence-electron chi connectivity index (χ0n) is 11.9. The number of hydrogen-bond donors (Lipinski definition) is 3. The van der Waals surface area contributed by atoms with E-state index in [1.165, 1.54) is 6.33 Å². The topological polar surface area (TPSA) is 96.0 Å². The van der Waals surface area contributed by atoms with Gasteiger partial charge in [0.25, 0.3) is 0 Å². The van der Waals surface area contributed by atoms with Gasteiger partial charge in [-0.25, -0.2) is 9.97 Å². The lowest BCUT2D eigenvalue weighted by Crippen LogP contribution is -2.22. The van der Waals surface area contributed by atoms with Gasteiger partial charge in [0.2, 0.25) is 0 Å². The zero-order valence-corrected chi connectivity index (χ0v) is 11.9. The number of ether oxygens (including phenoxy) is 1. The maximum Gasteiger partial charge on any atom is 0.168 e. The van der Waals surface area contributed by atoms with Crippen molar-refractivity contribution in [1.82, 2.24) is 20.2 Å². The highest BCUT2D eigenvalue weighted by molar-refractivity contribution is 5.49. The molecule has 7 nitrogen and oxygen atoms in total. The first-order valence-electron chi connectivity index (χ1n) is 7.04. The molecule has 1 aliphatic rings. The second-order valence-electron chi connectivity index (χ2n) is 5.30. The molecule has 0 aromatic carbocycles. The number of methoxy groups -OCH3 is 1. The van der Waals surface area contributed by atoms with Gasteiger partial charge in [0.1, 0.15) is 12.2 Å². The number of nitrogens with one attached hydrogen (secondary N) is 2. The van der Waals surface area contributed by atoms with E-state index in [0.29, 0.717) is 24.5 Å². The largest absolute Gasteiger partial charge is 0.493 e. The summed E-state index contributed by atoms with van der Waals surface area (Å²) < 4.78 is 5.26. The van der Waals surface area contributed by atoms with Crippen LogP contribution in [-0.2, 0) is 0 Å². The fourth-order valence-electron chi connectivity index (χ4n) is 2.87. The number of aliphatic hydroxyl groups excluding tert-OH is 1. The van der Waals surface area contributed by atoms with Crippen molar-refractivity contribution >= 4 is 5.82 Å². The first-order valence-corrected chi connectivity index (χ1v) is 7.04. The van der Waals surface area contributed by atoms with Gasteiger partial charge in [-0.1, -0.05) is 0 Å². The van der Waals surface area contributed by atoms with Gasteiger partial charge in [-0.05, 0) is 25.0 Å². The molecule has 1 saturated carbocycles. The van der Waals surface area contributed by atoms with Gasteiger partial charge in [-0.15, -0.1) is 0 Å². The molecule has 2 heterocycles. The molecule has 21 heavy (non-hydrogen) atoms. The molecule has 0 saturated heterocycles. The smallest absolute Gasteiger partial charge is 0.168 e. The number of hydrogen-bond acceptors (Lipinski definition) is 6. The maximum absolute atomic E-state index is 10.2. The molecule has 0 bridgehead atoms. The Balaban J connectivity index is 1.61. The normalized spacial score (nSPS) is 25.0. The van der Waals surface area contributed by atoms with E-state index in [-0.39, 0.29) is 17.9 Å². The minimum absolute atomic E-state index is 0.159. The Bertz CT molecular complexity index is 575. The highest BCUT2D eigenvalue weighted by Crippen LogP contribution is 2.37. The number of pyridine rings is 1. The lowest BCUT2D eigenvalue weighted by molar-refractivity contribution is 0.137. The third-order valence-electron chi connectivity index (χ3n) is 4.00. The van der Waals surface area contributed by atoms with Crippen molar-refractivity contribution in [2.45, 2.75) is 24.9 Å². The van der Waals surface area contributed by atoms with Crippen LogP contribution in [0.25, 0.3) is 0 Å². The van der Waals surface area contributed by atoms with Crippen molar-refractivity contribution in [2.75, 3.05) is 19.0 Å². The summed E-state index contributed by atoms with van der Waals surface area (Å²) in [6.45, 7) is 0.652. The van der Waals surface area contributed by atoms with Crippen LogP contribution in [0.1, 0.15) is 24.6 Å². The molecule has 0 radical (unpaired) electrons. The van der Waals surface area contributed by atoms with E-state index in [9.17, 15) is 5.11 Å². The predicted octanol–water partition coefficient (Wildman–Crippen LogP) is 1.17. The summed E-state index contributed by atoms with van der Waals surface area (Å²) in [5, 5.41) is 20.2. The highest BCUT2D eigenvalue weighted by Gasteiger charge is 2.35. The molecule has 0 amide bonds. The molecule has 0 spiro atoms. The summed E-state index contributed by atoms with van der Waals surface area (Å²) in [5.41, 5.74) is 0. The fraction of sp³-hybridized carbons (Fsp3) is 0.500. The SMILES string of the molecule is COc1cccnc1NC[C@@H]1C[C@@H](c2ncn[nH]2)C[C@@H]1O. The molecule has 112 valence electrons. The molecule has 2 aromatic rings. The second kappa shape index (κ2) is 6.09. The molecule has 2 aromatic heterocycles. The summed E-state index contributed by atoms with van der Waals surface area (Å²) in [5.74, 6) is 2.66. The third kappa shape index (κ3) is 2.97. The summed E-state index contributed by atoms with van der Waals surface area (Å²) in [6, 6.07) is 3.69. The van der Waals surface area contributed by atoms with Gasteiger partial charge < -0.3 is 15.2 Å². The lowest BCUT2D eigenvalue weighted by atomic mass is 10.0. The average molecular weight is 289 g/mol. The van der Waals surface area contributed by atoms with Crippen LogP contribution < -0.4 is 10.1 Å². The van der Waals surface area contributed by atoms with Crippen molar-refractivity contribution in [1.29, 1.82) is 0 Å². The van der Waals surface area contributed by atoms with E-state index in [1.54, 1.807) is 13.3 Å². The Morgan fingerprint density at radius 1 is 1.43 bits per heavy atom. The standard InChI is InChI=1S/C14H19N5O2/c1-21-12-3-2-4-15-14(12)16-7-10-5-9(6-11(10)20)13-17-8-18-19-13/h2-4,8-11,20H,5-7H2,1H3,(H,15,16)(H,17,18,19)/t9-,10+,11+/m1/s1. The first-order chi connectivity index (χ1) is 10.3. The summed E-state index contributed by atoms with van der Waals surface area (Å²) in [7, 11) is 1.62. The van der Waals surface area contributed by atoms with Gasteiger partial charge in [0.15, 0.2) is 11.6 Å². The molecule has 0 aliphatic heterocycles. The highest BCUT2D eigenvalue weighted by atomic mass is 16.5. The van der Waals surface area contributed by atoms with E-state index in [2.05, 4.69) is 25.5 Å². The van der Waals surface area contributed by atoms with Crippen molar-refractivity contribution in [3.05, 3.63) is 30.5 Å². The van der Waals surface area contributed by atoms with E-state index >= 15 is 0 Å². The first kappa shape index (κ1) is 13.8. The van der Waals surface area contributed by atoms with Crippen LogP contribution in [0.5, 0.6) is 5.75 Å². The quantitative estimate of drug-likeness (QED) is 0.765. The number of rotatable bonds is 5. The van der Waals surface area contributed by atoms with Crippen LogP contribution in [0.4, 0.5) is 5.82 Å². The molecule has 3 N–H and O–H groups in total. The van der Waals surface area contributed by atoms with Crippen LogP contribution >= 0.6 is 0 Å². The van der Waals surface area contributed by atoms with E-state index in [0.717, 1.165) is 12.2 Å². The second-order valence-corrected chi connectivity index (χ2v) is 5.30. The third-order valence-corrected chi connectivity index (χ3v) is 4.00. The van der Waals surface area contributed by atoms with Crippen molar-refractivity contribution in [2.24, 2.45) is 5.92 Å². The van der Waals surface area contributed by atoms with Gasteiger partial charge in [0.05, 0.1) is 13.2 Å². The lowest BCUT2D eigenvalue weighted by Gasteiger charge is -2.16. The predicted molar refractivity (Wildman–Crippen MR) is 77.1 cm³/mol. The Labute approximate surface area is 122 Å². The molecule has 7 heteroatoms. The van der Waals surface area contributed by atoms with Crippen molar-refractivity contribution in [3.63, 3.8) is 0 Å². The van der Waals surface area contributed by atoms with Crippen LogP contribution in [0.2, 0.25) is 0 Å². The molecule has 1 fully saturated rings. The minimum Gasteiger partial charge on any atom is -0.493 e. The van der Waals surface area contributed by atoms with Crippen LogP contribution in [0.15, 0.2) is 24.7 Å². The van der Waals surface area contributed by atoms with E-state index in [4.69, 9.17) is 4.74 Å². The summed E-state index contributed by atoms with van der Waals surface area (Å²) >= 11 is 0. The van der Waals surface area contributed by atoms with Crippen molar-refractivity contribution in [3.8, 4) is 5.75 Å². The summed E-state index contributed by atoms with van der Waals surface area (Å²) in [6.07, 6.45) is 4.46. The number of H-pyrrole nitrogens is 1. The minimum atomic E-state index is -0.345. The Morgan fingerprint density at radius 2 is 2.33 bits per heavy atom.